The van der Waals surface area contributed by atoms with Crippen molar-refractivity contribution in [2.45, 2.75) is 31.8 Å². The molecular weight excluding hydrogens is 346 g/mol. The molecule has 6 heteroatoms. The van der Waals surface area contributed by atoms with E-state index in [2.05, 4.69) is 0 Å². The van der Waals surface area contributed by atoms with Crippen LogP contribution in [0.2, 0.25) is 0 Å². The average Bonchev–Trinajstić information content (AvgIpc) is 2.67. The molecule has 27 heavy (non-hydrogen) atoms. The number of Topliss-reactive ketones (excluding diaryl/α,β-unsaturated/α-hetero) is 1. The second kappa shape index (κ2) is 7.86. The average molecular weight is 371 g/mol. The normalized spacial score (nSPS) is 18.6. The number of nitrogens with zero attached hydrogens (tertiary/aromatic N) is 1. The van der Waals surface area contributed by atoms with E-state index < -0.39 is 5.60 Å². The van der Waals surface area contributed by atoms with E-state index >= 15 is 0 Å². The highest BCUT2D eigenvalue weighted by molar-refractivity contribution is 6.01. The van der Waals surface area contributed by atoms with Crippen LogP contribution in [0.5, 0.6) is 17.2 Å². The van der Waals surface area contributed by atoms with Crippen LogP contribution in [-0.4, -0.2) is 49.5 Å². The summed E-state index contributed by atoms with van der Waals surface area (Å²) < 4.78 is 17.1. The number of ether oxygens (including phenoxy) is 3. The largest absolute Gasteiger partial charge is 0.493 e. The molecule has 6 nitrogen and oxygen atoms in total. The van der Waals surface area contributed by atoms with Gasteiger partial charge in [0.2, 0.25) is 11.7 Å². The monoisotopic (exact) mass is 371 g/mol. The summed E-state index contributed by atoms with van der Waals surface area (Å²) in [5.41, 5.74) is -0.0841. The molecule has 2 aliphatic heterocycles. The molecule has 0 N–H and O–H groups in total. The molecular formula is C21H25NO5. The smallest absolute Gasteiger partial charge is 0.246 e. The predicted octanol–water partition coefficient (Wildman–Crippen LogP) is 3.16. The zero-order valence-electron chi connectivity index (χ0n) is 16.0. The van der Waals surface area contributed by atoms with Gasteiger partial charge < -0.3 is 19.1 Å². The zero-order chi connectivity index (χ0) is 19.4. The van der Waals surface area contributed by atoms with Gasteiger partial charge in [0.05, 0.1) is 26.2 Å². The van der Waals surface area contributed by atoms with E-state index in [1.54, 1.807) is 36.3 Å². The second-order valence-electron chi connectivity index (χ2n) is 6.77. The fourth-order valence-corrected chi connectivity index (χ4v) is 3.63. The Hall–Kier alpha value is -2.76. The van der Waals surface area contributed by atoms with Gasteiger partial charge in [0.25, 0.3) is 0 Å². The number of likely N-dealkylation sites (tertiary alicyclic amines) is 1. The lowest BCUT2D eigenvalue weighted by Crippen LogP contribution is -2.52. The lowest BCUT2D eigenvalue weighted by molar-refractivity contribution is -0.129. The molecule has 1 aromatic rings. The Balaban J connectivity index is 1.79. The molecule has 0 aromatic heterocycles. The molecule has 144 valence electrons. The van der Waals surface area contributed by atoms with E-state index in [9.17, 15) is 9.59 Å². The number of hydrogen-bond donors (Lipinski definition) is 0. The number of allylic oxidation sites excluding steroid dienone is 3. The highest BCUT2D eigenvalue weighted by atomic mass is 16.5. The first-order valence-electron chi connectivity index (χ1n) is 9.09. The van der Waals surface area contributed by atoms with Crippen molar-refractivity contribution in [2.24, 2.45) is 0 Å². The maximum atomic E-state index is 12.7. The number of ketones is 1. The third-order valence-electron chi connectivity index (χ3n) is 5.13. The van der Waals surface area contributed by atoms with Crippen LogP contribution in [0, 0.1) is 0 Å². The van der Waals surface area contributed by atoms with Crippen molar-refractivity contribution in [3.05, 3.63) is 42.0 Å². The van der Waals surface area contributed by atoms with E-state index in [1.807, 2.05) is 19.1 Å². The minimum atomic E-state index is -0.604. The number of amides is 1. The van der Waals surface area contributed by atoms with Gasteiger partial charge in [0.1, 0.15) is 5.60 Å². The van der Waals surface area contributed by atoms with Gasteiger partial charge in [0.15, 0.2) is 17.3 Å². The van der Waals surface area contributed by atoms with Gasteiger partial charge >= 0.3 is 0 Å². The van der Waals surface area contributed by atoms with E-state index in [0.29, 0.717) is 55.2 Å². The number of fused-ring (bicyclic) bond motifs is 1. The van der Waals surface area contributed by atoms with Gasteiger partial charge in [-0.15, -0.1) is 0 Å². The van der Waals surface area contributed by atoms with Gasteiger partial charge in [-0.1, -0.05) is 18.2 Å². The fourth-order valence-electron chi connectivity index (χ4n) is 3.63. The topological polar surface area (TPSA) is 65.1 Å². The summed E-state index contributed by atoms with van der Waals surface area (Å²) in [6.45, 7) is 3.00. The van der Waals surface area contributed by atoms with Crippen LogP contribution in [0.4, 0.5) is 0 Å². The fraction of sp³-hybridized carbons (Fsp3) is 0.429. The van der Waals surface area contributed by atoms with Crippen molar-refractivity contribution in [1.82, 2.24) is 4.90 Å². The number of benzene rings is 1. The highest BCUT2D eigenvalue weighted by Crippen LogP contribution is 2.47. The minimum absolute atomic E-state index is 0.0234. The van der Waals surface area contributed by atoms with Crippen LogP contribution in [0.3, 0.4) is 0 Å². The van der Waals surface area contributed by atoms with Crippen molar-refractivity contribution in [1.29, 1.82) is 0 Å². The maximum Gasteiger partial charge on any atom is 0.246 e. The number of carbonyl (C=O) groups is 2. The Bertz CT molecular complexity index is 788. The van der Waals surface area contributed by atoms with Crippen LogP contribution in [0.1, 0.15) is 36.5 Å². The molecule has 0 saturated carbocycles. The predicted molar refractivity (Wildman–Crippen MR) is 102 cm³/mol. The van der Waals surface area contributed by atoms with Crippen molar-refractivity contribution in [2.75, 3.05) is 27.3 Å². The molecule has 2 heterocycles. The summed E-state index contributed by atoms with van der Waals surface area (Å²) in [4.78, 5) is 26.8. The summed E-state index contributed by atoms with van der Waals surface area (Å²) in [7, 11) is 3.08. The lowest BCUT2D eigenvalue weighted by atomic mass is 9.82. The zero-order valence-corrected chi connectivity index (χ0v) is 16.0. The minimum Gasteiger partial charge on any atom is -0.493 e. The highest BCUT2D eigenvalue weighted by Gasteiger charge is 2.45. The Morgan fingerprint density at radius 2 is 1.93 bits per heavy atom. The second-order valence-corrected chi connectivity index (χ2v) is 6.77. The number of methoxy groups -OCH3 is 2. The molecule has 2 aliphatic rings. The summed E-state index contributed by atoms with van der Waals surface area (Å²) in [6.07, 6.45) is 8.50. The summed E-state index contributed by atoms with van der Waals surface area (Å²) in [5.74, 6) is 1.42. The molecule has 0 bridgehead atoms. The number of hydrogen-bond acceptors (Lipinski definition) is 5. The van der Waals surface area contributed by atoms with E-state index in [0.717, 1.165) is 0 Å². The third-order valence-corrected chi connectivity index (χ3v) is 5.13. The van der Waals surface area contributed by atoms with Gasteiger partial charge in [-0.2, -0.15) is 0 Å². The molecule has 0 unspecified atom stereocenters. The molecule has 1 aromatic carbocycles. The van der Waals surface area contributed by atoms with Crippen LogP contribution in [0.25, 0.3) is 0 Å². The standard InChI is InChI=1S/C21H25NO5/c1-4-5-6-7-18(24)22-12-10-21(11-13-22)14-16(23)15-8-9-17(25-2)20(26-3)19(15)27-21/h4-9H,10-14H2,1-3H3/b5-4+,7-6+. The Morgan fingerprint density at radius 1 is 1.19 bits per heavy atom. The molecule has 0 atom stereocenters. The maximum absolute atomic E-state index is 12.7. The molecule has 3 rings (SSSR count). The molecule has 1 spiro atoms. The van der Waals surface area contributed by atoms with E-state index in [-0.39, 0.29) is 11.7 Å². The van der Waals surface area contributed by atoms with Gasteiger partial charge in [-0.25, -0.2) is 0 Å². The van der Waals surface area contributed by atoms with Crippen molar-refractivity contribution in [3.8, 4) is 17.2 Å². The summed E-state index contributed by atoms with van der Waals surface area (Å²) in [6, 6.07) is 3.44. The molecule has 1 fully saturated rings. The van der Waals surface area contributed by atoms with Gasteiger partial charge in [-0.3, -0.25) is 9.59 Å². The Morgan fingerprint density at radius 3 is 2.56 bits per heavy atom. The van der Waals surface area contributed by atoms with E-state index in [4.69, 9.17) is 14.2 Å². The summed E-state index contributed by atoms with van der Waals surface area (Å²) in [5, 5.41) is 0. The van der Waals surface area contributed by atoms with Crippen molar-refractivity contribution < 1.29 is 23.8 Å². The van der Waals surface area contributed by atoms with Crippen molar-refractivity contribution in [3.63, 3.8) is 0 Å². The Kier molecular flexibility index (Phi) is 5.54. The van der Waals surface area contributed by atoms with Crippen molar-refractivity contribution >= 4 is 11.7 Å². The molecule has 0 radical (unpaired) electrons. The van der Waals surface area contributed by atoms with Gasteiger partial charge in [0, 0.05) is 32.0 Å². The molecule has 1 amide bonds. The number of rotatable bonds is 4. The van der Waals surface area contributed by atoms with E-state index in [1.165, 1.54) is 7.11 Å². The van der Waals surface area contributed by atoms with Crippen LogP contribution in [-0.2, 0) is 4.79 Å². The number of carbonyl (C=O) groups excluding carboxylic acids is 2. The summed E-state index contributed by atoms with van der Waals surface area (Å²) >= 11 is 0. The first-order valence-corrected chi connectivity index (χ1v) is 9.09. The SMILES string of the molecule is C/C=C/C=C/C(=O)N1CCC2(CC1)CC(=O)c1ccc(OC)c(OC)c1O2. The quantitative estimate of drug-likeness (QED) is 0.601. The Labute approximate surface area is 159 Å². The lowest BCUT2D eigenvalue weighted by Gasteiger charge is -2.44. The first-order chi connectivity index (χ1) is 13.0. The number of piperidine rings is 1. The molecule has 1 saturated heterocycles. The van der Waals surface area contributed by atoms with Crippen LogP contribution >= 0.6 is 0 Å². The van der Waals surface area contributed by atoms with Gasteiger partial charge in [-0.05, 0) is 19.1 Å². The van der Waals surface area contributed by atoms with Crippen LogP contribution < -0.4 is 14.2 Å². The first kappa shape index (κ1) is 19.0. The third kappa shape index (κ3) is 3.70. The molecule has 0 aliphatic carbocycles. The van der Waals surface area contributed by atoms with Crippen LogP contribution in [0.15, 0.2) is 36.4 Å².